The van der Waals surface area contributed by atoms with Gasteiger partial charge in [0.25, 0.3) is 0 Å². The SMILES string of the molecule is O=C(O)C1CN(c2ncnc3ccc(Br)n23)C1. The maximum absolute atomic E-state index is 10.8. The summed E-state index contributed by atoms with van der Waals surface area (Å²) in [7, 11) is 0. The zero-order valence-corrected chi connectivity index (χ0v) is 10.3. The van der Waals surface area contributed by atoms with Crippen LogP contribution in [0.1, 0.15) is 0 Å². The first-order chi connectivity index (χ1) is 8.16. The van der Waals surface area contributed by atoms with E-state index in [0.29, 0.717) is 13.1 Å². The lowest BCUT2D eigenvalue weighted by atomic mass is 10.0. The molecule has 0 spiro atoms. The number of carboxylic acid groups (broad SMARTS) is 1. The predicted octanol–water partition coefficient (Wildman–Crippen LogP) is 1.01. The van der Waals surface area contributed by atoms with Gasteiger partial charge in [0.15, 0.2) is 0 Å². The number of anilines is 1. The van der Waals surface area contributed by atoms with Crippen molar-refractivity contribution < 1.29 is 9.90 Å². The lowest BCUT2D eigenvalue weighted by molar-refractivity contribution is -0.142. The summed E-state index contributed by atoms with van der Waals surface area (Å²) >= 11 is 3.42. The van der Waals surface area contributed by atoms with E-state index in [1.165, 1.54) is 6.33 Å². The number of nitrogens with zero attached hydrogens (tertiary/aromatic N) is 4. The van der Waals surface area contributed by atoms with Crippen molar-refractivity contribution in [1.29, 1.82) is 0 Å². The van der Waals surface area contributed by atoms with Gasteiger partial charge in [0, 0.05) is 13.1 Å². The second-order valence-electron chi connectivity index (χ2n) is 3.96. The fourth-order valence-electron chi connectivity index (χ4n) is 1.92. The molecular formula is C10H9BrN4O2. The molecule has 0 unspecified atom stereocenters. The summed E-state index contributed by atoms with van der Waals surface area (Å²) < 4.78 is 2.72. The Bertz CT molecular complexity index is 591. The Balaban J connectivity index is 1.97. The third-order valence-corrected chi connectivity index (χ3v) is 3.51. The minimum Gasteiger partial charge on any atom is -0.481 e. The highest BCUT2D eigenvalue weighted by atomic mass is 79.9. The summed E-state index contributed by atoms with van der Waals surface area (Å²) in [5.41, 5.74) is 0.792. The van der Waals surface area contributed by atoms with E-state index >= 15 is 0 Å². The van der Waals surface area contributed by atoms with Gasteiger partial charge in [0.05, 0.1) is 10.5 Å². The van der Waals surface area contributed by atoms with Crippen molar-refractivity contribution in [3.8, 4) is 0 Å². The fourth-order valence-corrected chi connectivity index (χ4v) is 2.39. The van der Waals surface area contributed by atoms with Gasteiger partial charge in [-0.2, -0.15) is 0 Å². The molecule has 1 aliphatic heterocycles. The number of hydrogen-bond acceptors (Lipinski definition) is 4. The lowest BCUT2D eigenvalue weighted by Gasteiger charge is -2.37. The van der Waals surface area contributed by atoms with Gasteiger partial charge < -0.3 is 10.0 Å². The molecule has 1 fully saturated rings. The average Bonchev–Trinajstić information content (AvgIpc) is 2.59. The second-order valence-corrected chi connectivity index (χ2v) is 4.78. The van der Waals surface area contributed by atoms with E-state index < -0.39 is 5.97 Å². The molecule has 0 aromatic carbocycles. The minimum absolute atomic E-state index is 0.297. The van der Waals surface area contributed by atoms with E-state index in [0.717, 1.165) is 16.2 Å². The van der Waals surface area contributed by atoms with Crippen LogP contribution in [0.4, 0.5) is 5.95 Å². The Morgan fingerprint density at radius 3 is 2.88 bits per heavy atom. The zero-order chi connectivity index (χ0) is 12.0. The monoisotopic (exact) mass is 296 g/mol. The Kier molecular flexibility index (Phi) is 2.29. The highest BCUT2D eigenvalue weighted by molar-refractivity contribution is 9.10. The second kappa shape index (κ2) is 3.69. The van der Waals surface area contributed by atoms with Crippen LogP contribution in [0.5, 0.6) is 0 Å². The maximum Gasteiger partial charge on any atom is 0.310 e. The molecule has 2 aromatic rings. The van der Waals surface area contributed by atoms with E-state index in [1.807, 2.05) is 21.4 Å². The molecule has 3 rings (SSSR count). The Labute approximate surface area is 105 Å². The molecule has 7 heteroatoms. The summed E-state index contributed by atoms with van der Waals surface area (Å²) in [6.45, 7) is 0.984. The van der Waals surface area contributed by atoms with Gasteiger partial charge in [-0.3, -0.25) is 9.20 Å². The molecule has 3 heterocycles. The van der Waals surface area contributed by atoms with Gasteiger partial charge in [0.2, 0.25) is 5.95 Å². The molecule has 1 aliphatic rings. The van der Waals surface area contributed by atoms with Gasteiger partial charge >= 0.3 is 5.97 Å². The van der Waals surface area contributed by atoms with Crippen LogP contribution in [0.15, 0.2) is 23.1 Å². The Hall–Kier alpha value is -1.63. The normalized spacial score (nSPS) is 16.2. The molecule has 0 radical (unpaired) electrons. The van der Waals surface area contributed by atoms with Crippen molar-refractivity contribution in [2.45, 2.75) is 0 Å². The van der Waals surface area contributed by atoms with Crippen LogP contribution < -0.4 is 4.90 Å². The molecule has 0 aliphatic carbocycles. The van der Waals surface area contributed by atoms with Gasteiger partial charge in [-0.1, -0.05) is 0 Å². The van der Waals surface area contributed by atoms with Crippen LogP contribution in [0.25, 0.3) is 5.65 Å². The third kappa shape index (κ3) is 1.57. The van der Waals surface area contributed by atoms with Crippen molar-refractivity contribution in [2.24, 2.45) is 5.92 Å². The van der Waals surface area contributed by atoms with Crippen LogP contribution in [-0.2, 0) is 4.79 Å². The molecular weight excluding hydrogens is 288 g/mol. The van der Waals surface area contributed by atoms with Gasteiger partial charge in [-0.05, 0) is 28.1 Å². The number of carboxylic acids is 1. The average molecular weight is 297 g/mol. The first kappa shape index (κ1) is 10.5. The number of hydrogen-bond donors (Lipinski definition) is 1. The topological polar surface area (TPSA) is 70.7 Å². The van der Waals surface area contributed by atoms with Gasteiger partial charge in [0.1, 0.15) is 12.0 Å². The van der Waals surface area contributed by atoms with Crippen molar-refractivity contribution in [3.05, 3.63) is 23.1 Å². The zero-order valence-electron chi connectivity index (χ0n) is 8.75. The van der Waals surface area contributed by atoms with Gasteiger partial charge in [-0.15, -0.1) is 0 Å². The number of aromatic nitrogens is 3. The summed E-state index contributed by atoms with van der Waals surface area (Å²) in [6, 6.07) is 3.77. The number of carbonyl (C=O) groups is 1. The molecule has 0 amide bonds. The summed E-state index contributed by atoms with van der Waals surface area (Å²) in [5, 5.41) is 8.85. The maximum atomic E-state index is 10.8. The number of aliphatic carboxylic acids is 1. The van der Waals surface area contributed by atoms with Gasteiger partial charge in [-0.25, -0.2) is 9.97 Å². The molecule has 0 atom stereocenters. The molecule has 1 N–H and O–H groups in total. The largest absolute Gasteiger partial charge is 0.481 e. The Morgan fingerprint density at radius 2 is 2.18 bits per heavy atom. The molecule has 17 heavy (non-hydrogen) atoms. The quantitative estimate of drug-likeness (QED) is 0.896. The Morgan fingerprint density at radius 1 is 1.41 bits per heavy atom. The van der Waals surface area contributed by atoms with E-state index in [2.05, 4.69) is 25.9 Å². The van der Waals surface area contributed by atoms with Crippen LogP contribution in [0.2, 0.25) is 0 Å². The van der Waals surface area contributed by atoms with E-state index in [9.17, 15) is 4.79 Å². The summed E-state index contributed by atoms with van der Waals surface area (Å²) in [4.78, 5) is 21.0. The highest BCUT2D eigenvalue weighted by Gasteiger charge is 2.34. The van der Waals surface area contributed by atoms with E-state index in [-0.39, 0.29) is 5.92 Å². The van der Waals surface area contributed by atoms with E-state index in [4.69, 9.17) is 5.11 Å². The molecule has 2 aromatic heterocycles. The third-order valence-electron chi connectivity index (χ3n) is 2.89. The molecule has 6 nitrogen and oxygen atoms in total. The lowest BCUT2D eigenvalue weighted by Crippen LogP contribution is -2.51. The molecule has 0 bridgehead atoms. The molecule has 1 saturated heterocycles. The van der Waals surface area contributed by atoms with E-state index in [1.54, 1.807) is 0 Å². The first-order valence-electron chi connectivity index (χ1n) is 5.12. The van der Waals surface area contributed by atoms with Crippen molar-refractivity contribution in [3.63, 3.8) is 0 Å². The van der Waals surface area contributed by atoms with Crippen LogP contribution in [-0.4, -0.2) is 38.5 Å². The number of fused-ring (bicyclic) bond motifs is 1. The minimum atomic E-state index is -0.752. The van der Waals surface area contributed by atoms with Crippen LogP contribution in [0, 0.1) is 5.92 Å². The molecule has 88 valence electrons. The van der Waals surface area contributed by atoms with Crippen molar-refractivity contribution in [2.75, 3.05) is 18.0 Å². The summed E-state index contributed by atoms with van der Waals surface area (Å²) in [5.74, 6) is -0.322. The summed E-state index contributed by atoms with van der Waals surface area (Å²) in [6.07, 6.45) is 1.49. The van der Waals surface area contributed by atoms with Crippen LogP contribution >= 0.6 is 15.9 Å². The predicted molar refractivity (Wildman–Crippen MR) is 64.0 cm³/mol. The fraction of sp³-hybridized carbons (Fsp3) is 0.300. The first-order valence-corrected chi connectivity index (χ1v) is 5.92. The van der Waals surface area contributed by atoms with Crippen LogP contribution in [0.3, 0.4) is 0 Å². The standard InChI is InChI=1S/C10H9BrN4O2/c11-7-1-2-8-12-5-13-10(15(7)8)14-3-6(4-14)9(16)17/h1-2,5-6H,3-4H2,(H,16,17). The van der Waals surface area contributed by atoms with Crippen molar-refractivity contribution >= 4 is 33.5 Å². The number of halogens is 1. The highest BCUT2D eigenvalue weighted by Crippen LogP contribution is 2.26. The smallest absolute Gasteiger partial charge is 0.310 e. The number of rotatable bonds is 2. The van der Waals surface area contributed by atoms with Crippen molar-refractivity contribution in [1.82, 2.24) is 14.4 Å². The molecule has 0 saturated carbocycles.